The third kappa shape index (κ3) is 4.82. The Kier molecular flexibility index (Phi) is 7.02. The number of piperidine rings is 1. The normalized spacial score (nSPS) is 24.5. The number of rotatable bonds is 5. The van der Waals surface area contributed by atoms with Crippen LogP contribution < -0.4 is 15.4 Å². The summed E-state index contributed by atoms with van der Waals surface area (Å²) in [7, 11) is 1.73. The zero-order valence-corrected chi connectivity index (χ0v) is 26.9. The first-order valence-corrected chi connectivity index (χ1v) is 16.3. The lowest BCUT2D eigenvalue weighted by Crippen LogP contribution is -2.52. The monoisotopic (exact) mass is 655 g/mol. The van der Waals surface area contributed by atoms with E-state index in [2.05, 4.69) is 20.9 Å². The van der Waals surface area contributed by atoms with Crippen LogP contribution in [0.3, 0.4) is 0 Å². The van der Waals surface area contributed by atoms with Gasteiger partial charge in [-0.25, -0.2) is 13.2 Å². The Morgan fingerprint density at radius 3 is 2.73 bits per heavy atom. The van der Waals surface area contributed by atoms with Crippen LogP contribution in [0.2, 0.25) is 0 Å². The molecule has 8 rings (SSSR count). The van der Waals surface area contributed by atoms with Crippen LogP contribution in [-0.4, -0.2) is 79.8 Å². The number of aryl methyl sites for hydroxylation is 1. The summed E-state index contributed by atoms with van der Waals surface area (Å²) in [6, 6.07) is 5.51. The van der Waals surface area contributed by atoms with Crippen molar-refractivity contribution in [1.82, 2.24) is 24.6 Å². The molecule has 248 valence electrons. The molecule has 0 unspecified atom stereocenters. The van der Waals surface area contributed by atoms with Crippen molar-refractivity contribution in [3.63, 3.8) is 0 Å². The van der Waals surface area contributed by atoms with E-state index in [9.17, 15) is 9.50 Å². The van der Waals surface area contributed by atoms with Crippen LogP contribution in [0.1, 0.15) is 44.6 Å². The van der Waals surface area contributed by atoms with Gasteiger partial charge in [0.25, 0.3) is 0 Å². The highest BCUT2D eigenvalue weighted by Crippen LogP contribution is 2.46. The predicted octanol–water partition coefficient (Wildman–Crippen LogP) is 5.57. The van der Waals surface area contributed by atoms with Gasteiger partial charge in [0.1, 0.15) is 41.2 Å². The Labute approximate surface area is 275 Å². The number of hydrogen-bond donors (Lipinski definition) is 2. The predicted molar refractivity (Wildman–Crippen MR) is 179 cm³/mol. The van der Waals surface area contributed by atoms with Gasteiger partial charge in [0.2, 0.25) is 0 Å². The molecule has 0 amide bonds. The van der Waals surface area contributed by atoms with E-state index in [0.29, 0.717) is 48.0 Å². The third-order valence-electron chi connectivity index (χ3n) is 10.4. The van der Waals surface area contributed by atoms with E-state index < -0.39 is 28.9 Å². The second kappa shape index (κ2) is 11.0. The summed E-state index contributed by atoms with van der Waals surface area (Å²) in [5.74, 6) is 1.33. The van der Waals surface area contributed by atoms with Crippen LogP contribution in [0.15, 0.2) is 30.5 Å². The number of ether oxygens (including phenoxy) is 1. The molecule has 5 aromatic rings. The first-order chi connectivity index (χ1) is 23.0. The average Bonchev–Trinajstić information content (AvgIpc) is 3.70. The van der Waals surface area contributed by atoms with Crippen LogP contribution >= 0.6 is 0 Å². The summed E-state index contributed by atoms with van der Waals surface area (Å²) >= 11 is 0. The zero-order chi connectivity index (χ0) is 33.5. The standard InChI is InChI=1S/C36H36F3N7O2/c1-4-23-26(38)8-7-20-13-22(47)14-24(27(20)23)28-30(39)32-29(25-17-44(3)43-31(25)28)33(45-11-5-9-35(2,40)18-45)42-34(41-32)48-19-36-10-6-12-46(36)16-21(37)15-36/h1,7-8,13-14,17,21,47H,5-6,9-12,15-16,18-19,40H2,2-3H3/t21-,35-,36+/m1/s1. The molecule has 0 saturated carbocycles. The lowest BCUT2D eigenvalue weighted by Gasteiger charge is -2.39. The highest BCUT2D eigenvalue weighted by Gasteiger charge is 2.49. The number of anilines is 1. The molecule has 9 nitrogen and oxygen atoms in total. The number of benzene rings is 3. The molecule has 5 heterocycles. The molecular weight excluding hydrogens is 619 g/mol. The van der Waals surface area contributed by atoms with Crippen molar-refractivity contribution in [3.05, 3.63) is 47.7 Å². The first kappa shape index (κ1) is 30.7. The van der Waals surface area contributed by atoms with Gasteiger partial charge in [-0.1, -0.05) is 12.0 Å². The average molecular weight is 656 g/mol. The number of nitrogens with zero attached hydrogens (tertiary/aromatic N) is 6. The molecule has 0 spiro atoms. The van der Waals surface area contributed by atoms with Crippen LogP contribution in [0.4, 0.5) is 19.0 Å². The molecule has 0 aliphatic carbocycles. The van der Waals surface area contributed by atoms with Crippen molar-refractivity contribution in [2.45, 2.75) is 56.3 Å². The minimum absolute atomic E-state index is 0.00985. The maximum atomic E-state index is 17.5. The number of nitrogens with two attached hydrogens (primary N) is 1. The zero-order valence-electron chi connectivity index (χ0n) is 26.9. The van der Waals surface area contributed by atoms with E-state index in [1.165, 1.54) is 24.3 Å². The summed E-state index contributed by atoms with van der Waals surface area (Å²) in [5.41, 5.74) is 6.03. The third-order valence-corrected chi connectivity index (χ3v) is 10.4. The van der Waals surface area contributed by atoms with Gasteiger partial charge in [-0.2, -0.15) is 15.1 Å². The van der Waals surface area contributed by atoms with Crippen molar-refractivity contribution in [2.24, 2.45) is 12.8 Å². The fraction of sp³-hybridized carbons (Fsp3) is 0.417. The molecule has 3 aromatic carbocycles. The fourth-order valence-corrected chi connectivity index (χ4v) is 8.31. The topological polar surface area (TPSA) is 106 Å². The van der Waals surface area contributed by atoms with Crippen molar-refractivity contribution >= 4 is 38.4 Å². The van der Waals surface area contributed by atoms with Crippen molar-refractivity contribution in [3.8, 4) is 35.2 Å². The Morgan fingerprint density at radius 1 is 1.12 bits per heavy atom. The summed E-state index contributed by atoms with van der Waals surface area (Å²) < 4.78 is 55.0. The molecule has 3 aliphatic rings. The van der Waals surface area contributed by atoms with Crippen LogP contribution in [0.25, 0.3) is 43.7 Å². The van der Waals surface area contributed by atoms with Crippen molar-refractivity contribution in [2.75, 3.05) is 37.7 Å². The first-order valence-electron chi connectivity index (χ1n) is 16.3. The molecule has 0 bridgehead atoms. The summed E-state index contributed by atoms with van der Waals surface area (Å²) in [6.07, 6.45) is 10.3. The SMILES string of the molecule is C#Cc1c(F)ccc2cc(O)cc(-c3c(F)c4nc(OC[C@@]56CCCN5C[C@H](F)C6)nc(N5CCC[C@@](C)(N)C5)c4c4cn(C)nc34)c12. The molecule has 3 aliphatic heterocycles. The maximum Gasteiger partial charge on any atom is 0.319 e. The van der Waals surface area contributed by atoms with Gasteiger partial charge in [0.15, 0.2) is 5.82 Å². The van der Waals surface area contributed by atoms with E-state index in [1.54, 1.807) is 17.9 Å². The van der Waals surface area contributed by atoms with E-state index in [-0.39, 0.29) is 51.5 Å². The smallest absolute Gasteiger partial charge is 0.319 e. The molecule has 12 heteroatoms. The number of hydrogen-bond acceptors (Lipinski definition) is 8. The minimum Gasteiger partial charge on any atom is -0.508 e. The Hall–Kier alpha value is -4.60. The number of phenolic OH excluding ortho intramolecular Hbond substituents is 1. The van der Waals surface area contributed by atoms with E-state index in [0.717, 1.165) is 32.2 Å². The van der Waals surface area contributed by atoms with Crippen molar-refractivity contribution < 1.29 is 23.0 Å². The van der Waals surface area contributed by atoms with Gasteiger partial charge in [-0.3, -0.25) is 9.58 Å². The number of aromatic hydroxyl groups is 1. The number of fused-ring (bicyclic) bond motifs is 5. The summed E-state index contributed by atoms with van der Waals surface area (Å²) in [5, 5.41) is 17.1. The van der Waals surface area contributed by atoms with Crippen molar-refractivity contribution in [1.29, 1.82) is 0 Å². The molecular formula is C36H36F3N7O2. The molecule has 3 atom stereocenters. The number of halogens is 3. The number of phenols is 1. The Morgan fingerprint density at radius 2 is 1.94 bits per heavy atom. The molecule has 3 fully saturated rings. The molecule has 3 saturated heterocycles. The number of alkyl halides is 1. The highest BCUT2D eigenvalue weighted by atomic mass is 19.1. The van der Waals surface area contributed by atoms with Crippen LogP contribution in [-0.2, 0) is 7.05 Å². The summed E-state index contributed by atoms with van der Waals surface area (Å²) in [6.45, 7) is 4.41. The fourth-order valence-electron chi connectivity index (χ4n) is 8.31. The number of aromatic nitrogens is 4. The lowest BCUT2D eigenvalue weighted by atomic mass is 9.90. The lowest BCUT2D eigenvalue weighted by molar-refractivity contribution is 0.107. The summed E-state index contributed by atoms with van der Waals surface area (Å²) in [4.78, 5) is 13.7. The van der Waals surface area contributed by atoms with E-state index >= 15 is 8.78 Å². The van der Waals surface area contributed by atoms with Crippen LogP contribution in [0.5, 0.6) is 11.8 Å². The second-order valence-corrected chi connectivity index (χ2v) is 14.0. The largest absolute Gasteiger partial charge is 0.508 e. The van der Waals surface area contributed by atoms with Gasteiger partial charge in [-0.05, 0) is 68.3 Å². The van der Waals surface area contributed by atoms with Gasteiger partial charge in [0.05, 0.1) is 16.5 Å². The van der Waals surface area contributed by atoms with Gasteiger partial charge in [-0.15, -0.1) is 6.42 Å². The minimum atomic E-state index is -0.939. The molecule has 2 aromatic heterocycles. The van der Waals surface area contributed by atoms with Gasteiger partial charge < -0.3 is 20.5 Å². The van der Waals surface area contributed by atoms with Crippen LogP contribution in [0, 0.1) is 24.0 Å². The molecule has 3 N–H and O–H groups in total. The van der Waals surface area contributed by atoms with Gasteiger partial charge >= 0.3 is 6.01 Å². The highest BCUT2D eigenvalue weighted by molar-refractivity contribution is 6.18. The number of terminal acetylenes is 1. The second-order valence-electron chi connectivity index (χ2n) is 14.0. The van der Waals surface area contributed by atoms with E-state index in [1.807, 2.05) is 11.8 Å². The molecule has 0 radical (unpaired) electrons. The maximum absolute atomic E-state index is 17.5. The quantitative estimate of drug-likeness (QED) is 0.237. The molecule has 48 heavy (non-hydrogen) atoms. The van der Waals surface area contributed by atoms with Gasteiger partial charge in [0, 0.05) is 61.2 Å². The Balaban J connectivity index is 1.40. The Bertz CT molecular complexity index is 2180. The van der Waals surface area contributed by atoms with E-state index in [4.69, 9.17) is 21.9 Å².